The summed E-state index contributed by atoms with van der Waals surface area (Å²) in [7, 11) is 0. The van der Waals surface area contributed by atoms with Gasteiger partial charge in [-0.05, 0) is 49.4 Å². The van der Waals surface area contributed by atoms with Crippen molar-refractivity contribution in [2.75, 3.05) is 0 Å². The molecule has 2 heterocycles. The van der Waals surface area contributed by atoms with E-state index in [0.29, 0.717) is 11.2 Å². The van der Waals surface area contributed by atoms with Gasteiger partial charge < -0.3 is 5.11 Å². The molecule has 0 aliphatic carbocycles. The van der Waals surface area contributed by atoms with E-state index in [4.69, 9.17) is 0 Å². The van der Waals surface area contributed by atoms with E-state index in [1.807, 2.05) is 25.1 Å². The van der Waals surface area contributed by atoms with E-state index in [1.54, 1.807) is 35.0 Å². The third-order valence-electron chi connectivity index (χ3n) is 4.05. The number of rotatable bonds is 2. The predicted octanol–water partition coefficient (Wildman–Crippen LogP) is 4.22. The molecule has 0 amide bonds. The Kier molecular flexibility index (Phi) is 3.27. The Hall–Kier alpha value is -3.21. The van der Waals surface area contributed by atoms with Gasteiger partial charge in [0.25, 0.3) is 0 Å². The molecule has 0 unspecified atom stereocenters. The van der Waals surface area contributed by atoms with Crippen LogP contribution in [0.3, 0.4) is 0 Å². The fourth-order valence-electron chi connectivity index (χ4n) is 2.83. The predicted molar refractivity (Wildman–Crippen MR) is 90.2 cm³/mol. The summed E-state index contributed by atoms with van der Waals surface area (Å²) in [6, 6.07) is 15.1. The van der Waals surface area contributed by atoms with Crippen LogP contribution >= 0.6 is 0 Å². The van der Waals surface area contributed by atoms with E-state index in [2.05, 4.69) is 10.1 Å². The number of hydrogen-bond acceptors (Lipinski definition) is 3. The van der Waals surface area contributed by atoms with Crippen molar-refractivity contribution in [1.29, 1.82) is 0 Å². The van der Waals surface area contributed by atoms with E-state index in [1.165, 1.54) is 12.1 Å². The zero-order valence-corrected chi connectivity index (χ0v) is 12.9. The SMILES string of the molecule is Cc1c(-c2ccc(F)cc2)nn2c(-c3ccccc3O)ccnc12. The number of aromatic nitrogens is 3. The van der Waals surface area contributed by atoms with Crippen LogP contribution in [-0.2, 0) is 0 Å². The quantitative estimate of drug-likeness (QED) is 0.602. The summed E-state index contributed by atoms with van der Waals surface area (Å²) in [5, 5.41) is 14.8. The summed E-state index contributed by atoms with van der Waals surface area (Å²) in [5.74, 6) is -0.102. The topological polar surface area (TPSA) is 50.4 Å². The number of hydrogen-bond donors (Lipinski definition) is 1. The Bertz CT molecular complexity index is 1040. The molecule has 4 rings (SSSR count). The summed E-state index contributed by atoms with van der Waals surface area (Å²) >= 11 is 0. The second-order valence-corrected chi connectivity index (χ2v) is 5.56. The minimum atomic E-state index is -0.284. The zero-order valence-electron chi connectivity index (χ0n) is 12.9. The number of nitrogens with zero attached hydrogens (tertiary/aromatic N) is 3. The van der Waals surface area contributed by atoms with Crippen molar-refractivity contribution in [2.45, 2.75) is 6.92 Å². The second-order valence-electron chi connectivity index (χ2n) is 5.56. The van der Waals surface area contributed by atoms with Crippen molar-refractivity contribution in [3.63, 3.8) is 0 Å². The lowest BCUT2D eigenvalue weighted by Gasteiger charge is -2.06. The van der Waals surface area contributed by atoms with Gasteiger partial charge in [-0.25, -0.2) is 13.9 Å². The van der Waals surface area contributed by atoms with Gasteiger partial charge in [0.1, 0.15) is 11.6 Å². The van der Waals surface area contributed by atoms with Crippen LogP contribution in [-0.4, -0.2) is 19.7 Å². The molecule has 0 atom stereocenters. The van der Waals surface area contributed by atoms with E-state index in [-0.39, 0.29) is 11.6 Å². The van der Waals surface area contributed by atoms with Gasteiger partial charge in [0.15, 0.2) is 5.65 Å². The molecule has 0 aliphatic heterocycles. The van der Waals surface area contributed by atoms with Gasteiger partial charge >= 0.3 is 0 Å². The van der Waals surface area contributed by atoms with Crippen LogP contribution in [0.4, 0.5) is 4.39 Å². The van der Waals surface area contributed by atoms with Gasteiger partial charge in [0, 0.05) is 22.9 Å². The summed E-state index contributed by atoms with van der Waals surface area (Å²) in [5.41, 5.74) is 4.59. The first kappa shape index (κ1) is 14.4. The highest BCUT2D eigenvalue weighted by Crippen LogP contribution is 2.31. The van der Waals surface area contributed by atoms with E-state index in [0.717, 1.165) is 22.5 Å². The van der Waals surface area contributed by atoms with E-state index in [9.17, 15) is 9.50 Å². The third-order valence-corrected chi connectivity index (χ3v) is 4.05. The van der Waals surface area contributed by atoms with Crippen LogP contribution in [0.2, 0.25) is 0 Å². The molecule has 4 aromatic rings. The Morgan fingerprint density at radius 1 is 1.00 bits per heavy atom. The van der Waals surface area contributed by atoms with E-state index >= 15 is 0 Å². The molecule has 1 N–H and O–H groups in total. The summed E-state index contributed by atoms with van der Waals surface area (Å²) < 4.78 is 14.9. The zero-order chi connectivity index (χ0) is 16.7. The average molecular weight is 319 g/mol. The summed E-state index contributed by atoms with van der Waals surface area (Å²) in [6.07, 6.45) is 1.69. The number of para-hydroxylation sites is 1. The van der Waals surface area contributed by atoms with Gasteiger partial charge in [-0.15, -0.1) is 0 Å². The van der Waals surface area contributed by atoms with Crippen LogP contribution in [0.25, 0.3) is 28.2 Å². The van der Waals surface area contributed by atoms with Gasteiger partial charge in [0.05, 0.1) is 11.4 Å². The Morgan fingerprint density at radius 2 is 1.75 bits per heavy atom. The lowest BCUT2D eigenvalue weighted by atomic mass is 10.1. The molecule has 118 valence electrons. The van der Waals surface area contributed by atoms with Gasteiger partial charge in [-0.2, -0.15) is 5.10 Å². The maximum absolute atomic E-state index is 13.2. The summed E-state index contributed by atoms with van der Waals surface area (Å²) in [4.78, 5) is 4.41. The number of aryl methyl sites for hydroxylation is 1. The van der Waals surface area contributed by atoms with Crippen LogP contribution in [0.5, 0.6) is 5.75 Å². The molecule has 0 aliphatic rings. The molecule has 4 nitrogen and oxygen atoms in total. The molecule has 0 saturated carbocycles. The highest BCUT2D eigenvalue weighted by atomic mass is 19.1. The fraction of sp³-hybridized carbons (Fsp3) is 0.0526. The highest BCUT2D eigenvalue weighted by Gasteiger charge is 2.16. The fourth-order valence-corrected chi connectivity index (χ4v) is 2.83. The van der Waals surface area contributed by atoms with Crippen molar-refractivity contribution in [3.05, 3.63) is 72.2 Å². The molecule has 2 aromatic carbocycles. The van der Waals surface area contributed by atoms with Gasteiger partial charge in [-0.1, -0.05) is 12.1 Å². The summed E-state index contributed by atoms with van der Waals surface area (Å²) in [6.45, 7) is 1.93. The van der Waals surface area contributed by atoms with Crippen molar-refractivity contribution in [3.8, 4) is 28.3 Å². The van der Waals surface area contributed by atoms with Crippen LogP contribution < -0.4 is 0 Å². The molecule has 0 fully saturated rings. The molecule has 0 bridgehead atoms. The van der Waals surface area contributed by atoms with Crippen molar-refractivity contribution in [2.24, 2.45) is 0 Å². The maximum Gasteiger partial charge on any atom is 0.159 e. The smallest absolute Gasteiger partial charge is 0.159 e. The molecule has 2 aromatic heterocycles. The Morgan fingerprint density at radius 3 is 2.50 bits per heavy atom. The van der Waals surface area contributed by atoms with Crippen LogP contribution in [0, 0.1) is 12.7 Å². The molecule has 0 spiro atoms. The molecule has 24 heavy (non-hydrogen) atoms. The molecule has 0 saturated heterocycles. The Balaban J connectivity index is 1.97. The lowest BCUT2D eigenvalue weighted by molar-refractivity contribution is 0.477. The monoisotopic (exact) mass is 319 g/mol. The van der Waals surface area contributed by atoms with Gasteiger partial charge in [0.2, 0.25) is 0 Å². The average Bonchev–Trinajstić information content (AvgIpc) is 2.93. The molecular weight excluding hydrogens is 305 g/mol. The van der Waals surface area contributed by atoms with Crippen LogP contribution in [0.15, 0.2) is 60.8 Å². The van der Waals surface area contributed by atoms with Crippen molar-refractivity contribution < 1.29 is 9.50 Å². The lowest BCUT2D eigenvalue weighted by Crippen LogP contribution is -1.96. The number of aromatic hydroxyl groups is 1. The van der Waals surface area contributed by atoms with E-state index < -0.39 is 0 Å². The number of fused-ring (bicyclic) bond motifs is 1. The first-order chi connectivity index (χ1) is 11.6. The number of phenols is 1. The van der Waals surface area contributed by atoms with Crippen molar-refractivity contribution >= 4 is 5.65 Å². The normalized spacial score (nSPS) is 11.1. The Labute approximate surface area is 137 Å². The van der Waals surface area contributed by atoms with Crippen LogP contribution in [0.1, 0.15) is 5.56 Å². The first-order valence-corrected chi connectivity index (χ1v) is 7.54. The third kappa shape index (κ3) is 2.22. The highest BCUT2D eigenvalue weighted by molar-refractivity contribution is 5.74. The minimum absolute atomic E-state index is 0.182. The molecule has 0 radical (unpaired) electrons. The standard InChI is InChI=1S/C19H14FN3O/c1-12-18(13-6-8-14(20)9-7-13)22-23-16(10-11-21-19(12)23)15-4-2-3-5-17(15)24/h2-11,24H,1H3. The maximum atomic E-state index is 13.2. The number of phenolic OH excluding ortho intramolecular Hbond substituents is 1. The number of benzene rings is 2. The second kappa shape index (κ2) is 5.45. The molecular formula is C19H14FN3O. The molecule has 5 heteroatoms. The largest absolute Gasteiger partial charge is 0.507 e. The number of halogens is 1. The minimum Gasteiger partial charge on any atom is -0.507 e. The first-order valence-electron chi connectivity index (χ1n) is 7.54. The van der Waals surface area contributed by atoms with Crippen molar-refractivity contribution in [1.82, 2.24) is 14.6 Å². The van der Waals surface area contributed by atoms with Gasteiger partial charge in [-0.3, -0.25) is 0 Å².